The molecule has 1 heterocycles. The molecule has 1 aliphatic carbocycles. The van der Waals surface area contributed by atoms with Crippen molar-refractivity contribution in [2.75, 3.05) is 13.2 Å². The highest BCUT2D eigenvalue weighted by Crippen LogP contribution is 2.34. The minimum absolute atomic E-state index is 0.0718. The molecule has 3 nitrogen and oxygen atoms in total. The van der Waals surface area contributed by atoms with Crippen molar-refractivity contribution in [1.29, 1.82) is 0 Å². The molecule has 13 heavy (non-hydrogen) atoms. The highest BCUT2D eigenvalue weighted by molar-refractivity contribution is 4.97. The van der Waals surface area contributed by atoms with E-state index in [4.69, 9.17) is 10.5 Å². The van der Waals surface area contributed by atoms with Gasteiger partial charge in [-0.15, -0.1) is 0 Å². The van der Waals surface area contributed by atoms with Gasteiger partial charge in [-0.25, -0.2) is 0 Å². The molecule has 1 saturated heterocycles. The van der Waals surface area contributed by atoms with Gasteiger partial charge in [0.25, 0.3) is 0 Å². The molecule has 0 aromatic rings. The Morgan fingerprint density at radius 2 is 2.08 bits per heavy atom. The van der Waals surface area contributed by atoms with Crippen LogP contribution in [-0.4, -0.2) is 30.0 Å². The third kappa shape index (κ3) is 1.73. The number of aliphatic hydroxyl groups is 1. The van der Waals surface area contributed by atoms with Crippen LogP contribution in [-0.2, 0) is 4.74 Å². The van der Waals surface area contributed by atoms with Gasteiger partial charge in [-0.05, 0) is 18.8 Å². The standard InChI is InChI=1S/C10H19NO2/c11-9(8-3-1-2-4-8)10(12)5-6-13-7-10/h8-9,12H,1-7,11H2. The molecule has 2 aliphatic rings. The van der Waals surface area contributed by atoms with Crippen LogP contribution in [0.4, 0.5) is 0 Å². The lowest BCUT2D eigenvalue weighted by molar-refractivity contribution is -0.0117. The average Bonchev–Trinajstić information content (AvgIpc) is 2.73. The fraction of sp³-hybridized carbons (Fsp3) is 1.00. The third-order valence-electron chi connectivity index (χ3n) is 3.56. The summed E-state index contributed by atoms with van der Waals surface area (Å²) in [7, 11) is 0. The zero-order valence-corrected chi connectivity index (χ0v) is 8.04. The first kappa shape index (κ1) is 9.44. The van der Waals surface area contributed by atoms with Crippen molar-refractivity contribution in [3.05, 3.63) is 0 Å². The second-order valence-corrected chi connectivity index (χ2v) is 4.48. The Morgan fingerprint density at radius 1 is 1.38 bits per heavy atom. The van der Waals surface area contributed by atoms with Crippen molar-refractivity contribution in [3.8, 4) is 0 Å². The van der Waals surface area contributed by atoms with Crippen LogP contribution in [0.3, 0.4) is 0 Å². The molecule has 2 fully saturated rings. The Kier molecular flexibility index (Phi) is 2.58. The Bertz CT molecular complexity index is 172. The van der Waals surface area contributed by atoms with E-state index < -0.39 is 5.60 Å². The zero-order valence-electron chi connectivity index (χ0n) is 8.04. The molecular formula is C10H19NO2. The van der Waals surface area contributed by atoms with E-state index in [1.165, 1.54) is 25.7 Å². The lowest BCUT2D eigenvalue weighted by atomic mass is 9.83. The van der Waals surface area contributed by atoms with Gasteiger partial charge in [0.05, 0.1) is 6.61 Å². The van der Waals surface area contributed by atoms with Gasteiger partial charge in [0.2, 0.25) is 0 Å². The first-order valence-corrected chi connectivity index (χ1v) is 5.28. The normalized spacial score (nSPS) is 38.3. The molecule has 2 atom stereocenters. The summed E-state index contributed by atoms with van der Waals surface area (Å²) in [6.45, 7) is 1.10. The van der Waals surface area contributed by atoms with Crippen LogP contribution in [0.15, 0.2) is 0 Å². The van der Waals surface area contributed by atoms with Crippen molar-refractivity contribution in [3.63, 3.8) is 0 Å². The number of hydrogen-bond donors (Lipinski definition) is 2. The summed E-state index contributed by atoms with van der Waals surface area (Å²) in [6.07, 6.45) is 5.63. The first-order chi connectivity index (χ1) is 6.22. The summed E-state index contributed by atoms with van der Waals surface area (Å²) >= 11 is 0. The van der Waals surface area contributed by atoms with Crippen LogP contribution >= 0.6 is 0 Å². The maximum Gasteiger partial charge on any atom is 0.105 e. The summed E-state index contributed by atoms with van der Waals surface area (Å²) in [5.74, 6) is 0.520. The quantitative estimate of drug-likeness (QED) is 0.664. The second kappa shape index (κ2) is 3.56. The van der Waals surface area contributed by atoms with Crippen LogP contribution in [0.1, 0.15) is 32.1 Å². The maximum atomic E-state index is 10.2. The van der Waals surface area contributed by atoms with E-state index in [1.54, 1.807) is 0 Å². The van der Waals surface area contributed by atoms with E-state index in [-0.39, 0.29) is 6.04 Å². The van der Waals surface area contributed by atoms with Gasteiger partial charge in [0.15, 0.2) is 0 Å². The predicted molar refractivity (Wildman–Crippen MR) is 50.3 cm³/mol. The van der Waals surface area contributed by atoms with Crippen molar-refractivity contribution in [2.45, 2.75) is 43.7 Å². The molecule has 0 bridgehead atoms. The molecule has 2 unspecified atom stereocenters. The lowest BCUT2D eigenvalue weighted by Crippen LogP contribution is -2.52. The van der Waals surface area contributed by atoms with E-state index in [1.807, 2.05) is 0 Å². The Balaban J connectivity index is 1.97. The van der Waals surface area contributed by atoms with Gasteiger partial charge >= 0.3 is 0 Å². The Morgan fingerprint density at radius 3 is 2.62 bits per heavy atom. The highest BCUT2D eigenvalue weighted by atomic mass is 16.5. The molecule has 1 saturated carbocycles. The summed E-state index contributed by atoms with van der Waals surface area (Å²) in [5, 5.41) is 10.2. The number of hydrogen-bond acceptors (Lipinski definition) is 3. The van der Waals surface area contributed by atoms with Crippen molar-refractivity contribution < 1.29 is 9.84 Å². The molecule has 1 aliphatic heterocycles. The molecule has 0 aromatic heterocycles. The molecule has 0 aromatic carbocycles. The molecule has 3 N–H and O–H groups in total. The SMILES string of the molecule is NC(C1CCCC1)C1(O)CCOC1. The number of rotatable bonds is 2. The van der Waals surface area contributed by atoms with Gasteiger partial charge in [-0.2, -0.15) is 0 Å². The molecule has 76 valence electrons. The van der Waals surface area contributed by atoms with Crippen LogP contribution < -0.4 is 5.73 Å². The molecule has 0 amide bonds. The zero-order chi connectivity index (χ0) is 9.31. The van der Waals surface area contributed by atoms with E-state index >= 15 is 0 Å². The molecule has 3 heteroatoms. The fourth-order valence-corrected chi connectivity index (χ4v) is 2.59. The largest absolute Gasteiger partial charge is 0.386 e. The van der Waals surface area contributed by atoms with Crippen molar-refractivity contribution in [2.24, 2.45) is 11.7 Å². The van der Waals surface area contributed by atoms with Crippen LogP contribution in [0.25, 0.3) is 0 Å². The maximum absolute atomic E-state index is 10.2. The van der Waals surface area contributed by atoms with Gasteiger partial charge < -0.3 is 15.6 Å². The highest BCUT2D eigenvalue weighted by Gasteiger charge is 2.42. The average molecular weight is 185 g/mol. The van der Waals surface area contributed by atoms with E-state index in [9.17, 15) is 5.11 Å². The lowest BCUT2D eigenvalue weighted by Gasteiger charge is -2.32. The predicted octanol–water partition coefficient (Wildman–Crippen LogP) is 0.655. The van der Waals surface area contributed by atoms with Gasteiger partial charge in [-0.1, -0.05) is 12.8 Å². The van der Waals surface area contributed by atoms with E-state index in [2.05, 4.69) is 0 Å². The molecule has 2 rings (SSSR count). The van der Waals surface area contributed by atoms with Gasteiger partial charge in [0, 0.05) is 19.1 Å². The minimum Gasteiger partial charge on any atom is -0.386 e. The number of ether oxygens (including phenoxy) is 1. The first-order valence-electron chi connectivity index (χ1n) is 5.28. The summed E-state index contributed by atoms with van der Waals surface area (Å²) in [5.41, 5.74) is 5.36. The minimum atomic E-state index is -0.727. The monoisotopic (exact) mass is 185 g/mol. The van der Waals surface area contributed by atoms with Crippen molar-refractivity contribution >= 4 is 0 Å². The summed E-state index contributed by atoms with van der Waals surface area (Å²) in [4.78, 5) is 0. The molecule has 0 radical (unpaired) electrons. The van der Waals surface area contributed by atoms with E-state index in [0.717, 1.165) is 0 Å². The molecule has 0 spiro atoms. The summed E-state index contributed by atoms with van der Waals surface area (Å²) in [6, 6.07) is -0.0718. The van der Waals surface area contributed by atoms with Gasteiger partial charge in [0.1, 0.15) is 5.60 Å². The Hall–Kier alpha value is -0.120. The van der Waals surface area contributed by atoms with E-state index in [0.29, 0.717) is 25.6 Å². The second-order valence-electron chi connectivity index (χ2n) is 4.48. The van der Waals surface area contributed by atoms with Gasteiger partial charge in [-0.3, -0.25) is 0 Å². The fourth-order valence-electron chi connectivity index (χ4n) is 2.59. The summed E-state index contributed by atoms with van der Waals surface area (Å²) < 4.78 is 5.21. The van der Waals surface area contributed by atoms with Crippen LogP contribution in [0.2, 0.25) is 0 Å². The van der Waals surface area contributed by atoms with Crippen LogP contribution in [0, 0.1) is 5.92 Å². The molecular weight excluding hydrogens is 166 g/mol. The Labute approximate surface area is 79.3 Å². The van der Waals surface area contributed by atoms with Crippen molar-refractivity contribution in [1.82, 2.24) is 0 Å². The topological polar surface area (TPSA) is 55.5 Å². The van der Waals surface area contributed by atoms with Crippen LogP contribution in [0.5, 0.6) is 0 Å². The smallest absolute Gasteiger partial charge is 0.105 e. The number of nitrogens with two attached hydrogens (primary N) is 1. The third-order valence-corrected chi connectivity index (χ3v) is 3.56.